The van der Waals surface area contributed by atoms with Gasteiger partial charge >= 0.3 is 6.03 Å². The van der Waals surface area contributed by atoms with Crippen molar-refractivity contribution in [2.75, 3.05) is 20.5 Å². The number of nitrogens with one attached hydrogen (secondary N) is 1. The third-order valence-electron chi connectivity index (χ3n) is 5.92. The average Bonchev–Trinajstić information content (AvgIpc) is 3.46. The van der Waals surface area contributed by atoms with Crippen LogP contribution in [0.5, 0.6) is 11.5 Å². The highest BCUT2D eigenvalue weighted by Crippen LogP contribution is 2.38. The Balaban J connectivity index is 1.35. The number of amides is 3. The van der Waals surface area contributed by atoms with E-state index in [2.05, 4.69) is 5.32 Å². The summed E-state index contributed by atoms with van der Waals surface area (Å²) in [6.07, 6.45) is 0. The number of nitrogens with zero attached hydrogens (tertiary/aromatic N) is 3. The van der Waals surface area contributed by atoms with E-state index in [1.54, 1.807) is 36.5 Å². The van der Waals surface area contributed by atoms with Gasteiger partial charge in [0.1, 0.15) is 10.5 Å². The molecule has 0 unspecified atom stereocenters. The minimum atomic E-state index is -1.17. The highest BCUT2D eigenvalue weighted by Gasteiger charge is 2.49. The Morgan fingerprint density at radius 2 is 2.00 bits per heavy atom. The van der Waals surface area contributed by atoms with Gasteiger partial charge in [-0.1, -0.05) is 18.2 Å². The first-order chi connectivity index (χ1) is 14.9. The lowest BCUT2D eigenvalue weighted by Gasteiger charge is -2.27. The summed E-state index contributed by atoms with van der Waals surface area (Å²) in [5, 5.41) is 3.78. The molecule has 9 heteroatoms. The van der Waals surface area contributed by atoms with Gasteiger partial charge in [0, 0.05) is 0 Å². The summed E-state index contributed by atoms with van der Waals surface area (Å²) >= 11 is 1.62. The van der Waals surface area contributed by atoms with Crippen molar-refractivity contribution in [1.29, 1.82) is 0 Å². The fourth-order valence-corrected chi connectivity index (χ4v) is 4.92. The number of ether oxygens (including phenoxy) is 2. The first-order valence-electron chi connectivity index (χ1n) is 9.97. The predicted octanol–water partition coefficient (Wildman–Crippen LogP) is 3.44. The van der Waals surface area contributed by atoms with Crippen molar-refractivity contribution in [2.45, 2.75) is 25.4 Å². The number of benzene rings is 2. The third kappa shape index (κ3) is 3.21. The molecule has 2 atom stereocenters. The van der Waals surface area contributed by atoms with Crippen LogP contribution in [-0.2, 0) is 10.3 Å². The normalized spacial score (nSPS) is 21.2. The van der Waals surface area contributed by atoms with Crippen LogP contribution >= 0.6 is 11.3 Å². The van der Waals surface area contributed by atoms with Crippen molar-refractivity contribution in [1.82, 2.24) is 20.1 Å². The van der Waals surface area contributed by atoms with Gasteiger partial charge in [0.2, 0.25) is 6.79 Å². The largest absolute Gasteiger partial charge is 0.454 e. The maximum atomic E-state index is 13.3. The van der Waals surface area contributed by atoms with E-state index in [4.69, 9.17) is 14.5 Å². The Kier molecular flexibility index (Phi) is 4.60. The van der Waals surface area contributed by atoms with Gasteiger partial charge in [-0.05, 0) is 50.7 Å². The second-order valence-electron chi connectivity index (χ2n) is 7.95. The molecule has 2 aromatic carbocycles. The number of hydrogen-bond acceptors (Lipinski definition) is 7. The second kappa shape index (κ2) is 7.21. The molecule has 160 valence electrons. The van der Waals surface area contributed by atoms with Gasteiger partial charge < -0.3 is 14.8 Å². The standard InChI is InChI=1S/C22H22N4O4S/c1-13(19-23-15-6-4-5-7-18(15)31-19)25(3)11-26-20(27)22(2,24-21(26)28)14-8-9-16-17(10-14)30-12-29-16/h4-10,13H,11-12H2,1-3H3,(H,24,28)/t13-,22+/m1/s1. The number of carbonyl (C=O) groups is 2. The van der Waals surface area contributed by atoms with E-state index >= 15 is 0 Å². The molecule has 3 aromatic rings. The molecule has 1 N–H and O–H groups in total. The quantitative estimate of drug-likeness (QED) is 0.615. The molecule has 1 aromatic heterocycles. The lowest BCUT2D eigenvalue weighted by molar-refractivity contribution is -0.132. The number of rotatable bonds is 5. The molecule has 3 amide bonds. The maximum absolute atomic E-state index is 13.3. The minimum Gasteiger partial charge on any atom is -0.454 e. The van der Waals surface area contributed by atoms with E-state index in [-0.39, 0.29) is 25.4 Å². The van der Waals surface area contributed by atoms with E-state index in [0.29, 0.717) is 17.1 Å². The third-order valence-corrected chi connectivity index (χ3v) is 7.13. The number of aromatic nitrogens is 1. The summed E-state index contributed by atoms with van der Waals surface area (Å²) in [5.74, 6) is 0.894. The van der Waals surface area contributed by atoms with Crippen LogP contribution in [0.3, 0.4) is 0 Å². The molecule has 3 heterocycles. The summed E-state index contributed by atoms with van der Waals surface area (Å²) in [6, 6.07) is 12.8. The van der Waals surface area contributed by atoms with Crippen LogP contribution in [0, 0.1) is 0 Å². The van der Waals surface area contributed by atoms with Gasteiger partial charge in [-0.3, -0.25) is 9.69 Å². The Bertz CT molecular complexity index is 1160. The first kappa shape index (κ1) is 19.8. The zero-order valence-electron chi connectivity index (χ0n) is 17.4. The molecule has 0 saturated carbocycles. The number of para-hydroxylation sites is 1. The summed E-state index contributed by atoms with van der Waals surface area (Å²) in [5.41, 5.74) is 0.436. The van der Waals surface area contributed by atoms with Crippen molar-refractivity contribution in [3.63, 3.8) is 0 Å². The Morgan fingerprint density at radius 1 is 1.23 bits per heavy atom. The zero-order valence-corrected chi connectivity index (χ0v) is 18.2. The van der Waals surface area contributed by atoms with Gasteiger partial charge in [-0.15, -0.1) is 11.3 Å². The lowest BCUT2D eigenvalue weighted by atomic mass is 9.92. The summed E-state index contributed by atoms with van der Waals surface area (Å²) in [6.45, 7) is 4.03. The molecule has 0 radical (unpaired) electrons. The highest BCUT2D eigenvalue weighted by atomic mass is 32.1. The number of fused-ring (bicyclic) bond motifs is 2. The van der Waals surface area contributed by atoms with Crippen molar-refractivity contribution in [3.05, 3.63) is 53.0 Å². The van der Waals surface area contributed by atoms with Crippen LogP contribution in [0.1, 0.15) is 30.5 Å². The minimum absolute atomic E-state index is 0.0598. The highest BCUT2D eigenvalue weighted by molar-refractivity contribution is 7.18. The molecule has 5 rings (SSSR count). The summed E-state index contributed by atoms with van der Waals surface area (Å²) < 4.78 is 11.9. The van der Waals surface area contributed by atoms with Gasteiger partial charge in [0.25, 0.3) is 5.91 Å². The molecule has 1 fully saturated rings. The number of thiazole rings is 1. The molecular formula is C22H22N4O4S. The Morgan fingerprint density at radius 3 is 2.81 bits per heavy atom. The van der Waals surface area contributed by atoms with Crippen LogP contribution in [-0.4, -0.2) is 47.2 Å². The molecule has 2 aliphatic rings. The summed E-state index contributed by atoms with van der Waals surface area (Å²) in [7, 11) is 1.88. The van der Waals surface area contributed by atoms with Gasteiger partial charge in [0.05, 0.1) is 22.9 Å². The van der Waals surface area contributed by atoms with Crippen molar-refractivity contribution >= 4 is 33.5 Å². The van der Waals surface area contributed by atoms with Crippen LogP contribution in [0.15, 0.2) is 42.5 Å². The molecule has 31 heavy (non-hydrogen) atoms. The van der Waals surface area contributed by atoms with E-state index in [1.165, 1.54) is 4.90 Å². The number of imide groups is 1. The van der Waals surface area contributed by atoms with E-state index < -0.39 is 11.6 Å². The molecule has 8 nitrogen and oxygen atoms in total. The lowest BCUT2D eigenvalue weighted by Crippen LogP contribution is -2.43. The molecule has 1 saturated heterocycles. The predicted molar refractivity (Wildman–Crippen MR) is 116 cm³/mol. The molecule has 0 bridgehead atoms. The van der Waals surface area contributed by atoms with Crippen LogP contribution in [0.25, 0.3) is 10.2 Å². The van der Waals surface area contributed by atoms with Gasteiger partial charge in [-0.25, -0.2) is 14.7 Å². The number of carbonyl (C=O) groups excluding carboxylic acids is 2. The van der Waals surface area contributed by atoms with Crippen molar-refractivity contribution in [3.8, 4) is 11.5 Å². The molecule has 2 aliphatic heterocycles. The fourth-order valence-electron chi connectivity index (χ4n) is 3.83. The maximum Gasteiger partial charge on any atom is 0.326 e. The van der Waals surface area contributed by atoms with Gasteiger partial charge in [0.15, 0.2) is 11.5 Å². The molecule has 0 aliphatic carbocycles. The van der Waals surface area contributed by atoms with Crippen LogP contribution < -0.4 is 14.8 Å². The first-order valence-corrected chi connectivity index (χ1v) is 10.8. The monoisotopic (exact) mass is 438 g/mol. The molecular weight excluding hydrogens is 416 g/mol. The zero-order chi connectivity index (χ0) is 21.8. The number of hydrogen-bond donors (Lipinski definition) is 1. The van der Waals surface area contributed by atoms with Crippen LogP contribution in [0.4, 0.5) is 4.79 Å². The average molecular weight is 439 g/mol. The molecule has 0 spiro atoms. The van der Waals surface area contributed by atoms with Crippen molar-refractivity contribution < 1.29 is 19.1 Å². The van der Waals surface area contributed by atoms with Gasteiger partial charge in [-0.2, -0.15) is 0 Å². The SMILES string of the molecule is C[C@H](c1nc2ccccc2s1)N(C)CN1C(=O)N[C@@](C)(c2ccc3c(c2)OCO3)C1=O. The Labute approximate surface area is 183 Å². The topological polar surface area (TPSA) is 84.0 Å². The fraction of sp³-hybridized carbons (Fsp3) is 0.318. The smallest absolute Gasteiger partial charge is 0.326 e. The number of urea groups is 1. The summed E-state index contributed by atoms with van der Waals surface area (Å²) in [4.78, 5) is 33.9. The van der Waals surface area contributed by atoms with Crippen LogP contribution in [0.2, 0.25) is 0 Å². The second-order valence-corrected chi connectivity index (χ2v) is 9.01. The van der Waals surface area contributed by atoms with E-state index in [9.17, 15) is 9.59 Å². The van der Waals surface area contributed by atoms with Crippen molar-refractivity contribution in [2.24, 2.45) is 0 Å². The van der Waals surface area contributed by atoms with E-state index in [0.717, 1.165) is 15.2 Å². The van der Waals surface area contributed by atoms with E-state index in [1.807, 2.05) is 43.1 Å². The Hall–Kier alpha value is -3.17.